The molecule has 0 unspecified atom stereocenters. The predicted molar refractivity (Wildman–Crippen MR) is 141 cm³/mol. The summed E-state index contributed by atoms with van der Waals surface area (Å²) in [7, 11) is 1.67. The first-order valence-corrected chi connectivity index (χ1v) is 11.9. The highest BCUT2D eigenvalue weighted by Gasteiger charge is 2.06. The van der Waals surface area contributed by atoms with Crippen LogP contribution < -0.4 is 25.9 Å². The summed E-state index contributed by atoms with van der Waals surface area (Å²) >= 11 is 9.63. The number of methoxy groups -OCH3 is 1. The lowest BCUT2D eigenvalue weighted by molar-refractivity contribution is 0.414. The van der Waals surface area contributed by atoms with Gasteiger partial charge < -0.3 is 15.4 Å². The van der Waals surface area contributed by atoms with E-state index in [0.29, 0.717) is 11.6 Å². The molecule has 0 aliphatic carbocycles. The van der Waals surface area contributed by atoms with Gasteiger partial charge in [0.25, 0.3) is 0 Å². The van der Waals surface area contributed by atoms with E-state index in [1.165, 1.54) is 11.1 Å². The molecule has 1 heterocycles. The number of benzene rings is 2. The van der Waals surface area contributed by atoms with Gasteiger partial charge in [-0.05, 0) is 78.2 Å². The normalized spacial score (nSPS) is 13.0. The number of hydrogen-bond acceptors (Lipinski definition) is 5. The lowest BCUT2D eigenvalue weighted by atomic mass is 10.1. The average molecular weight is 528 g/mol. The van der Waals surface area contributed by atoms with Crippen molar-refractivity contribution in [2.24, 2.45) is 0 Å². The molecule has 5 nitrogen and oxygen atoms in total. The molecular formula is C26H28BrClN4O. The molecule has 0 aliphatic rings. The van der Waals surface area contributed by atoms with Gasteiger partial charge in [0.05, 0.1) is 17.5 Å². The van der Waals surface area contributed by atoms with Crippen LogP contribution in [0.4, 0.5) is 11.5 Å². The number of halogens is 2. The lowest BCUT2D eigenvalue weighted by Crippen LogP contribution is -2.32. The van der Waals surface area contributed by atoms with E-state index < -0.39 is 0 Å². The molecule has 0 atom stereocenters. The van der Waals surface area contributed by atoms with Crippen molar-refractivity contribution < 1.29 is 4.74 Å². The zero-order valence-electron chi connectivity index (χ0n) is 19.2. The van der Waals surface area contributed by atoms with Gasteiger partial charge in [0.15, 0.2) is 0 Å². The van der Waals surface area contributed by atoms with Gasteiger partial charge in [-0.25, -0.2) is 9.97 Å². The Labute approximate surface area is 208 Å². The van der Waals surface area contributed by atoms with Crippen LogP contribution in [0.2, 0.25) is 5.02 Å². The van der Waals surface area contributed by atoms with Gasteiger partial charge in [-0.2, -0.15) is 0 Å². The van der Waals surface area contributed by atoms with Crippen molar-refractivity contribution in [1.82, 2.24) is 15.3 Å². The maximum atomic E-state index is 6.15. The number of allylic oxidation sites excluding steroid dienone is 2. The Bertz CT molecular complexity index is 1260. The van der Waals surface area contributed by atoms with Crippen LogP contribution >= 0.6 is 27.5 Å². The van der Waals surface area contributed by atoms with Gasteiger partial charge in [-0.1, -0.05) is 42.3 Å². The van der Waals surface area contributed by atoms with E-state index in [2.05, 4.69) is 68.6 Å². The summed E-state index contributed by atoms with van der Waals surface area (Å²) in [5, 5.41) is 9.43. The summed E-state index contributed by atoms with van der Waals surface area (Å²) in [5.74, 6) is 1.57. The summed E-state index contributed by atoms with van der Waals surface area (Å²) < 4.78 is 6.08. The molecule has 7 heteroatoms. The van der Waals surface area contributed by atoms with Gasteiger partial charge in [0.1, 0.15) is 17.9 Å². The van der Waals surface area contributed by atoms with Crippen LogP contribution in [-0.4, -0.2) is 17.1 Å². The molecule has 2 N–H and O–H groups in total. The molecule has 0 aliphatic heterocycles. The third-order valence-corrected chi connectivity index (χ3v) is 6.51. The van der Waals surface area contributed by atoms with E-state index in [-0.39, 0.29) is 0 Å². The first-order chi connectivity index (χ1) is 15.9. The number of aromatic nitrogens is 2. The minimum absolute atomic E-state index is 0.657. The number of anilines is 2. The number of nitrogens with zero attached hydrogens (tertiary/aromatic N) is 2. The number of ether oxygens (including phenoxy) is 1. The van der Waals surface area contributed by atoms with Crippen LogP contribution in [0.25, 0.3) is 12.2 Å². The molecular weight excluding hydrogens is 500 g/mol. The Kier molecular flexibility index (Phi) is 8.92. The van der Waals surface area contributed by atoms with E-state index in [9.17, 15) is 0 Å². The zero-order chi connectivity index (χ0) is 23.8. The molecule has 3 aromatic rings. The topological polar surface area (TPSA) is 59.1 Å². The molecule has 0 saturated carbocycles. The standard InChI is InChI=1S/C26H28BrClN4O/c1-5-17(3)25(29-15-18-7-10-20(33-4)11-8-18)14-21-24(6-2)30-16-31-26(21)32-19-9-12-23(28)22(27)13-19/h6-14,16,29H,5,15H2,1-4H3,(H,30,31,32)/b21-14+,24-6+,25-17-. The first kappa shape index (κ1) is 24.8. The molecule has 0 amide bonds. The van der Waals surface area contributed by atoms with Crippen LogP contribution in [0, 0.1) is 0 Å². The molecule has 33 heavy (non-hydrogen) atoms. The Morgan fingerprint density at radius 3 is 2.55 bits per heavy atom. The van der Waals surface area contributed by atoms with Gasteiger partial charge in [0.2, 0.25) is 0 Å². The monoisotopic (exact) mass is 526 g/mol. The third kappa shape index (κ3) is 6.59. The summed E-state index contributed by atoms with van der Waals surface area (Å²) in [6, 6.07) is 13.8. The van der Waals surface area contributed by atoms with Crippen molar-refractivity contribution in [3.63, 3.8) is 0 Å². The van der Waals surface area contributed by atoms with E-state index in [1.54, 1.807) is 13.4 Å². The maximum Gasteiger partial charge on any atom is 0.141 e. The smallest absolute Gasteiger partial charge is 0.141 e. The summed E-state index contributed by atoms with van der Waals surface area (Å²) in [4.78, 5) is 9.00. The highest BCUT2D eigenvalue weighted by atomic mass is 79.9. The molecule has 1 aromatic heterocycles. The fourth-order valence-corrected chi connectivity index (χ4v) is 3.69. The van der Waals surface area contributed by atoms with Crippen LogP contribution in [0.15, 0.2) is 64.5 Å². The van der Waals surface area contributed by atoms with Crippen molar-refractivity contribution in [1.29, 1.82) is 0 Å². The summed E-state index contributed by atoms with van der Waals surface area (Å²) in [6.07, 6.45) is 6.60. The summed E-state index contributed by atoms with van der Waals surface area (Å²) in [6.45, 7) is 6.95. The Hall–Kier alpha value is -2.83. The fourth-order valence-electron chi connectivity index (χ4n) is 3.19. The molecule has 3 rings (SSSR count). The van der Waals surface area contributed by atoms with Crippen LogP contribution in [0.1, 0.15) is 32.8 Å². The largest absolute Gasteiger partial charge is 0.497 e. The van der Waals surface area contributed by atoms with Gasteiger partial charge in [-0.3, -0.25) is 0 Å². The van der Waals surface area contributed by atoms with Crippen molar-refractivity contribution in [2.75, 3.05) is 12.4 Å². The Balaban J connectivity index is 1.99. The molecule has 0 saturated heterocycles. The molecule has 0 fully saturated rings. The Morgan fingerprint density at radius 2 is 1.91 bits per heavy atom. The SMILES string of the molecule is C/C=c1/ncnc(Nc2ccc(Cl)c(Br)c2)/c1=C/C(NCc1ccc(OC)cc1)=C(\C)CC. The van der Waals surface area contributed by atoms with Crippen LogP contribution in [0.5, 0.6) is 5.75 Å². The van der Waals surface area contributed by atoms with E-state index in [0.717, 1.165) is 44.4 Å². The molecule has 0 spiro atoms. The quantitative estimate of drug-likeness (QED) is 0.394. The van der Waals surface area contributed by atoms with Crippen molar-refractivity contribution in [2.45, 2.75) is 33.7 Å². The van der Waals surface area contributed by atoms with Crippen molar-refractivity contribution in [3.8, 4) is 5.75 Å². The molecule has 172 valence electrons. The zero-order valence-corrected chi connectivity index (χ0v) is 21.6. The third-order valence-electron chi connectivity index (χ3n) is 5.29. The lowest BCUT2D eigenvalue weighted by Gasteiger charge is -2.13. The van der Waals surface area contributed by atoms with Crippen molar-refractivity contribution >= 4 is 51.2 Å². The minimum atomic E-state index is 0.657. The molecule has 2 aromatic carbocycles. The van der Waals surface area contributed by atoms with Crippen LogP contribution in [-0.2, 0) is 6.54 Å². The fraction of sp³-hybridized carbons (Fsp3) is 0.231. The number of hydrogen-bond donors (Lipinski definition) is 2. The highest BCUT2D eigenvalue weighted by molar-refractivity contribution is 9.10. The molecule has 0 bridgehead atoms. The predicted octanol–water partition coefficient (Wildman–Crippen LogP) is 5.70. The number of rotatable bonds is 8. The second-order valence-electron chi connectivity index (χ2n) is 7.46. The minimum Gasteiger partial charge on any atom is -0.497 e. The van der Waals surface area contributed by atoms with Crippen molar-refractivity contribution in [3.05, 3.63) is 85.7 Å². The van der Waals surface area contributed by atoms with E-state index in [4.69, 9.17) is 16.3 Å². The van der Waals surface area contributed by atoms with Gasteiger partial charge >= 0.3 is 0 Å². The Morgan fingerprint density at radius 1 is 1.15 bits per heavy atom. The second-order valence-corrected chi connectivity index (χ2v) is 8.72. The first-order valence-electron chi connectivity index (χ1n) is 10.7. The summed E-state index contributed by atoms with van der Waals surface area (Å²) in [5.41, 5.74) is 4.34. The van der Waals surface area contributed by atoms with Crippen LogP contribution in [0.3, 0.4) is 0 Å². The molecule has 0 radical (unpaired) electrons. The number of nitrogens with one attached hydrogen (secondary N) is 2. The highest BCUT2D eigenvalue weighted by Crippen LogP contribution is 2.26. The second kappa shape index (κ2) is 11.9. The van der Waals surface area contributed by atoms with E-state index >= 15 is 0 Å². The van der Waals surface area contributed by atoms with Gasteiger partial charge in [-0.15, -0.1) is 0 Å². The van der Waals surface area contributed by atoms with E-state index in [1.807, 2.05) is 43.3 Å². The van der Waals surface area contributed by atoms with Gasteiger partial charge in [0, 0.05) is 27.6 Å². The average Bonchev–Trinajstić information content (AvgIpc) is 2.84. The maximum absolute atomic E-state index is 6.15.